The van der Waals surface area contributed by atoms with Crippen LogP contribution in [0.15, 0.2) is 108 Å². The quantitative estimate of drug-likeness (QED) is 0.330. The van der Waals surface area contributed by atoms with Crippen molar-refractivity contribution in [3.05, 3.63) is 131 Å². The summed E-state index contributed by atoms with van der Waals surface area (Å²) in [5, 5.41) is 2.89. The molecule has 0 aromatic heterocycles. The van der Waals surface area contributed by atoms with E-state index in [1.54, 1.807) is 24.3 Å². The zero-order chi connectivity index (χ0) is 28.2. The molecule has 41 heavy (non-hydrogen) atoms. The fraction of sp³-hybridized carbons (Fsp3) is 0.242. The predicted octanol–water partition coefficient (Wildman–Crippen LogP) is 5.26. The van der Waals surface area contributed by atoms with Crippen LogP contribution in [0.3, 0.4) is 0 Å². The van der Waals surface area contributed by atoms with Crippen LogP contribution in [-0.4, -0.2) is 49.8 Å². The summed E-state index contributed by atoms with van der Waals surface area (Å²) in [5.74, 6) is -0.239. The van der Waals surface area contributed by atoms with E-state index >= 15 is 0 Å². The largest absolute Gasteiger partial charge is 0.378 e. The van der Waals surface area contributed by atoms with E-state index in [0.717, 1.165) is 37.2 Å². The van der Waals surface area contributed by atoms with Crippen LogP contribution in [0.25, 0.3) is 0 Å². The van der Waals surface area contributed by atoms with Gasteiger partial charge in [-0.25, -0.2) is 8.42 Å². The van der Waals surface area contributed by atoms with Crippen molar-refractivity contribution in [1.29, 1.82) is 0 Å². The Bertz CT molecular complexity index is 1610. The highest BCUT2D eigenvalue weighted by Crippen LogP contribution is 2.31. The third-order valence-electron chi connectivity index (χ3n) is 7.81. The SMILES string of the molecule is O=C(Nc1ccc(S(=O)(=O)N2CCOCC2c2ccccc2)cc1)c1ccc(CN2CCc3ccccc3C2)cc1. The zero-order valence-corrected chi connectivity index (χ0v) is 23.6. The molecule has 1 fully saturated rings. The van der Waals surface area contributed by atoms with Crippen LogP contribution in [0.2, 0.25) is 0 Å². The van der Waals surface area contributed by atoms with Gasteiger partial charge in [0.2, 0.25) is 10.0 Å². The number of sulfonamides is 1. The molecule has 0 bridgehead atoms. The van der Waals surface area contributed by atoms with Crippen molar-refractivity contribution in [2.24, 2.45) is 0 Å². The van der Waals surface area contributed by atoms with Gasteiger partial charge in [-0.05, 0) is 65.1 Å². The first-order valence-electron chi connectivity index (χ1n) is 13.9. The molecule has 210 valence electrons. The van der Waals surface area contributed by atoms with E-state index in [2.05, 4.69) is 34.5 Å². The topological polar surface area (TPSA) is 79.0 Å². The number of nitrogens with zero attached hydrogens (tertiary/aromatic N) is 2. The highest BCUT2D eigenvalue weighted by Gasteiger charge is 2.35. The minimum absolute atomic E-state index is 0.183. The van der Waals surface area contributed by atoms with Crippen LogP contribution in [0.4, 0.5) is 5.69 Å². The Morgan fingerprint density at radius 3 is 2.29 bits per heavy atom. The lowest BCUT2D eigenvalue weighted by Crippen LogP contribution is -2.43. The molecule has 2 aliphatic heterocycles. The number of amides is 1. The van der Waals surface area contributed by atoms with Crippen molar-refractivity contribution < 1.29 is 17.9 Å². The zero-order valence-electron chi connectivity index (χ0n) is 22.8. The number of hydrogen-bond acceptors (Lipinski definition) is 5. The average molecular weight is 568 g/mol. The molecule has 0 spiro atoms. The van der Waals surface area contributed by atoms with E-state index in [4.69, 9.17) is 4.74 Å². The number of hydrogen-bond donors (Lipinski definition) is 1. The molecule has 7 nitrogen and oxygen atoms in total. The highest BCUT2D eigenvalue weighted by atomic mass is 32.2. The number of ether oxygens (including phenoxy) is 1. The fourth-order valence-electron chi connectivity index (χ4n) is 5.57. The lowest BCUT2D eigenvalue weighted by atomic mass is 9.99. The van der Waals surface area contributed by atoms with Crippen molar-refractivity contribution in [2.75, 3.05) is 31.6 Å². The van der Waals surface area contributed by atoms with E-state index in [1.807, 2.05) is 54.6 Å². The number of anilines is 1. The summed E-state index contributed by atoms with van der Waals surface area (Å²) in [4.78, 5) is 15.5. The maximum absolute atomic E-state index is 13.5. The molecule has 0 saturated carbocycles. The van der Waals surface area contributed by atoms with Gasteiger partial charge in [-0.1, -0.05) is 66.7 Å². The van der Waals surface area contributed by atoms with Crippen LogP contribution >= 0.6 is 0 Å². The molecule has 4 aromatic rings. The average Bonchev–Trinajstić information content (AvgIpc) is 3.02. The summed E-state index contributed by atoms with van der Waals surface area (Å²) < 4.78 is 34.2. The Morgan fingerprint density at radius 1 is 0.829 bits per heavy atom. The van der Waals surface area contributed by atoms with Crippen molar-refractivity contribution in [3.8, 4) is 0 Å². The van der Waals surface area contributed by atoms with Crippen molar-refractivity contribution in [1.82, 2.24) is 9.21 Å². The number of fused-ring (bicyclic) bond motifs is 1. The van der Waals surface area contributed by atoms with Crippen molar-refractivity contribution in [2.45, 2.75) is 30.4 Å². The summed E-state index contributed by atoms with van der Waals surface area (Å²) in [7, 11) is -3.75. The monoisotopic (exact) mass is 567 g/mol. The first-order valence-corrected chi connectivity index (χ1v) is 15.4. The highest BCUT2D eigenvalue weighted by molar-refractivity contribution is 7.89. The number of rotatable bonds is 7. The number of carbonyl (C=O) groups excluding carboxylic acids is 1. The van der Waals surface area contributed by atoms with E-state index in [9.17, 15) is 13.2 Å². The van der Waals surface area contributed by atoms with Gasteiger partial charge in [-0.3, -0.25) is 9.69 Å². The number of morpholine rings is 1. The molecular weight excluding hydrogens is 534 g/mol. The standard InChI is InChI=1S/C33H33N3O4S/c37-33(28-12-10-25(11-13-28)22-35-19-18-26-6-4-5-9-29(26)23-35)34-30-14-16-31(17-15-30)41(38,39)36-20-21-40-24-32(36)27-7-2-1-3-8-27/h1-17,32H,18-24H2,(H,34,37). The van der Waals surface area contributed by atoms with Crippen LogP contribution in [0.5, 0.6) is 0 Å². The maximum Gasteiger partial charge on any atom is 0.255 e. The predicted molar refractivity (Wildman–Crippen MR) is 159 cm³/mol. The molecule has 4 aromatic carbocycles. The lowest BCUT2D eigenvalue weighted by Gasteiger charge is -2.34. The molecule has 1 N–H and O–H groups in total. The lowest BCUT2D eigenvalue weighted by molar-refractivity contribution is 0.0321. The normalized spacial score (nSPS) is 18.0. The second-order valence-electron chi connectivity index (χ2n) is 10.5. The minimum Gasteiger partial charge on any atom is -0.378 e. The summed E-state index contributed by atoms with van der Waals surface area (Å²) in [5.41, 5.74) is 5.95. The van der Waals surface area contributed by atoms with Gasteiger partial charge in [0.05, 0.1) is 24.2 Å². The maximum atomic E-state index is 13.5. The molecule has 0 aliphatic carbocycles. The van der Waals surface area contributed by atoms with Crippen molar-refractivity contribution in [3.63, 3.8) is 0 Å². The first-order chi connectivity index (χ1) is 20.0. The molecule has 1 amide bonds. The van der Waals surface area contributed by atoms with E-state index in [-0.39, 0.29) is 23.4 Å². The van der Waals surface area contributed by atoms with Gasteiger partial charge in [0.25, 0.3) is 5.91 Å². The van der Waals surface area contributed by atoms with Gasteiger partial charge in [-0.2, -0.15) is 4.31 Å². The Kier molecular flexibility index (Phi) is 7.98. The van der Waals surface area contributed by atoms with Gasteiger partial charge in [-0.15, -0.1) is 0 Å². The van der Waals surface area contributed by atoms with Crippen molar-refractivity contribution >= 4 is 21.6 Å². The molecule has 0 radical (unpaired) electrons. The molecule has 1 unspecified atom stereocenters. The Hall–Kier alpha value is -3.82. The molecule has 1 atom stereocenters. The van der Waals surface area contributed by atoms with Gasteiger partial charge < -0.3 is 10.1 Å². The summed E-state index contributed by atoms with van der Waals surface area (Å²) in [6, 6.07) is 31.8. The van der Waals surface area contributed by atoms with Crippen LogP contribution in [0, 0.1) is 0 Å². The minimum atomic E-state index is -3.75. The Balaban J connectivity index is 1.08. The van der Waals surface area contributed by atoms with E-state index < -0.39 is 10.0 Å². The Morgan fingerprint density at radius 2 is 1.54 bits per heavy atom. The second kappa shape index (κ2) is 12.0. The fourth-order valence-corrected chi connectivity index (χ4v) is 7.15. The first kappa shape index (κ1) is 27.4. The molecular formula is C33H33N3O4S. The number of benzene rings is 4. The van der Waals surface area contributed by atoms with Crippen LogP contribution in [0.1, 0.15) is 38.7 Å². The third kappa shape index (κ3) is 6.11. The Labute approximate surface area is 241 Å². The van der Waals surface area contributed by atoms with Gasteiger partial charge >= 0.3 is 0 Å². The summed E-state index contributed by atoms with van der Waals surface area (Å²) >= 11 is 0. The molecule has 8 heteroatoms. The van der Waals surface area contributed by atoms with E-state index in [1.165, 1.54) is 15.4 Å². The third-order valence-corrected chi connectivity index (χ3v) is 9.74. The van der Waals surface area contributed by atoms with Gasteiger partial charge in [0.15, 0.2) is 0 Å². The molecule has 2 heterocycles. The molecule has 6 rings (SSSR count). The number of carbonyl (C=O) groups is 1. The van der Waals surface area contributed by atoms with Crippen LogP contribution < -0.4 is 5.32 Å². The number of nitrogens with one attached hydrogen (secondary N) is 1. The second-order valence-corrected chi connectivity index (χ2v) is 12.4. The smallest absolute Gasteiger partial charge is 0.255 e. The molecule has 2 aliphatic rings. The van der Waals surface area contributed by atoms with Gasteiger partial charge in [0.1, 0.15) is 0 Å². The molecule has 1 saturated heterocycles. The van der Waals surface area contributed by atoms with Gasteiger partial charge in [0, 0.05) is 37.4 Å². The van der Waals surface area contributed by atoms with E-state index in [0.29, 0.717) is 24.5 Å². The summed E-state index contributed by atoms with van der Waals surface area (Å²) in [6.07, 6.45) is 1.05. The summed E-state index contributed by atoms with van der Waals surface area (Å²) in [6.45, 7) is 3.72. The van der Waals surface area contributed by atoms with Crippen LogP contribution in [-0.2, 0) is 34.3 Å².